The van der Waals surface area contributed by atoms with Crippen molar-refractivity contribution >= 4 is 16.9 Å². The van der Waals surface area contributed by atoms with Crippen LogP contribution in [0.5, 0.6) is 0 Å². The molecule has 2 aliphatic heterocycles. The largest absolute Gasteiger partial charge is 0.345 e. The molecule has 0 radical (unpaired) electrons. The van der Waals surface area contributed by atoms with Crippen LogP contribution in [0.25, 0.3) is 0 Å². The third-order valence-corrected chi connectivity index (χ3v) is 4.21. The predicted octanol–water partition coefficient (Wildman–Crippen LogP) is 3.04. The lowest BCUT2D eigenvalue weighted by molar-refractivity contribution is -0.528. The van der Waals surface area contributed by atoms with Crippen LogP contribution in [0, 0.1) is 0 Å². The van der Waals surface area contributed by atoms with Gasteiger partial charge in [-0.1, -0.05) is 0 Å². The van der Waals surface area contributed by atoms with E-state index in [4.69, 9.17) is 11.6 Å². The first-order chi connectivity index (χ1) is 7.88. The number of halogens is 1. The minimum atomic E-state index is 1.03. The summed E-state index contributed by atoms with van der Waals surface area (Å²) in [7, 11) is 0. The summed E-state index contributed by atoms with van der Waals surface area (Å²) in [5.74, 6) is 0. The summed E-state index contributed by atoms with van der Waals surface area (Å²) in [6, 6.07) is 0. The van der Waals surface area contributed by atoms with Gasteiger partial charge in [-0.25, -0.2) is 0 Å². The summed E-state index contributed by atoms with van der Waals surface area (Å²) < 4.78 is 2.40. The normalized spacial score (nSPS) is 23.8. The highest BCUT2D eigenvalue weighted by Crippen LogP contribution is 2.13. The first-order valence-electron chi connectivity index (χ1n) is 6.90. The standard InChI is InChI=1S/C13H24ClN2/c14-13(15-9-5-1-2-6-10-15)16-11-7-3-4-8-12-16/h1-12H2/q+1. The average molecular weight is 244 g/mol. The van der Waals surface area contributed by atoms with Gasteiger partial charge in [-0.2, -0.15) is 0 Å². The number of rotatable bonds is 0. The molecule has 0 saturated carbocycles. The van der Waals surface area contributed by atoms with E-state index in [-0.39, 0.29) is 0 Å². The summed E-state index contributed by atoms with van der Waals surface area (Å²) >= 11 is 6.55. The number of hydrogen-bond acceptors (Lipinski definition) is 0. The third-order valence-electron chi connectivity index (χ3n) is 3.73. The molecule has 16 heavy (non-hydrogen) atoms. The number of likely N-dealkylation sites (tertiary alicyclic amines) is 1. The van der Waals surface area contributed by atoms with Crippen LogP contribution in [0.1, 0.15) is 51.4 Å². The smallest absolute Gasteiger partial charge is 0.251 e. The van der Waals surface area contributed by atoms with Crippen molar-refractivity contribution in [2.75, 3.05) is 26.2 Å². The zero-order chi connectivity index (χ0) is 11.2. The van der Waals surface area contributed by atoms with Crippen LogP contribution >= 0.6 is 11.6 Å². The molecule has 0 atom stereocenters. The van der Waals surface area contributed by atoms with Gasteiger partial charge in [-0.3, -0.25) is 9.48 Å². The molecule has 2 fully saturated rings. The van der Waals surface area contributed by atoms with Crippen LogP contribution in [0.3, 0.4) is 0 Å². The van der Waals surface area contributed by atoms with Gasteiger partial charge in [0.2, 0.25) is 0 Å². The van der Waals surface area contributed by atoms with E-state index in [0.717, 1.165) is 31.5 Å². The fraction of sp³-hybridized carbons (Fsp3) is 0.923. The minimum Gasteiger partial charge on any atom is -0.251 e. The highest BCUT2D eigenvalue weighted by Gasteiger charge is 2.22. The maximum Gasteiger partial charge on any atom is 0.345 e. The first-order valence-corrected chi connectivity index (χ1v) is 7.28. The van der Waals surface area contributed by atoms with E-state index in [9.17, 15) is 0 Å². The van der Waals surface area contributed by atoms with Crippen molar-refractivity contribution < 1.29 is 4.58 Å². The SMILES string of the molecule is ClC(N1CCCCCC1)=[N+]1CCCCCC1. The second-order valence-corrected chi connectivity index (χ2v) is 5.41. The van der Waals surface area contributed by atoms with Crippen LogP contribution in [-0.4, -0.2) is 40.9 Å². The molecule has 2 heterocycles. The molecule has 0 aliphatic carbocycles. The molecule has 92 valence electrons. The molecular weight excluding hydrogens is 220 g/mol. The molecule has 0 bridgehead atoms. The zero-order valence-electron chi connectivity index (χ0n) is 10.3. The van der Waals surface area contributed by atoms with Crippen molar-refractivity contribution in [1.29, 1.82) is 0 Å². The molecule has 0 aromatic heterocycles. The van der Waals surface area contributed by atoms with Crippen molar-refractivity contribution in [2.24, 2.45) is 0 Å². The third kappa shape index (κ3) is 3.38. The second-order valence-electron chi connectivity index (χ2n) is 5.07. The predicted molar refractivity (Wildman–Crippen MR) is 69.4 cm³/mol. The van der Waals surface area contributed by atoms with Gasteiger partial charge >= 0.3 is 5.29 Å². The molecule has 0 N–H and O–H groups in total. The van der Waals surface area contributed by atoms with Crippen molar-refractivity contribution in [3.05, 3.63) is 0 Å². The van der Waals surface area contributed by atoms with Gasteiger partial charge in [0.1, 0.15) is 0 Å². The molecule has 2 rings (SSSR count). The van der Waals surface area contributed by atoms with Gasteiger partial charge in [0.15, 0.2) is 0 Å². The fourth-order valence-electron chi connectivity index (χ4n) is 2.71. The van der Waals surface area contributed by atoms with E-state index in [0.29, 0.717) is 0 Å². The lowest BCUT2D eigenvalue weighted by atomic mass is 10.2. The van der Waals surface area contributed by atoms with Crippen molar-refractivity contribution in [3.8, 4) is 0 Å². The minimum absolute atomic E-state index is 1.03. The van der Waals surface area contributed by atoms with Crippen LogP contribution in [0.15, 0.2) is 0 Å². The van der Waals surface area contributed by atoms with Crippen LogP contribution in [0.4, 0.5) is 0 Å². The highest BCUT2D eigenvalue weighted by atomic mass is 35.5. The molecule has 0 unspecified atom stereocenters. The summed E-state index contributed by atoms with van der Waals surface area (Å²) in [5, 5.41) is 1.03. The molecule has 3 heteroatoms. The lowest BCUT2D eigenvalue weighted by Gasteiger charge is -2.16. The molecule has 2 aliphatic rings. The fourth-order valence-corrected chi connectivity index (χ4v) is 3.05. The van der Waals surface area contributed by atoms with E-state index in [1.54, 1.807) is 0 Å². The molecule has 2 nitrogen and oxygen atoms in total. The van der Waals surface area contributed by atoms with Gasteiger partial charge in [-0.15, -0.1) is 0 Å². The number of nitrogens with zero attached hydrogens (tertiary/aromatic N) is 2. The number of hydrogen-bond donors (Lipinski definition) is 0. The van der Waals surface area contributed by atoms with Gasteiger partial charge in [0.05, 0.1) is 26.2 Å². The lowest BCUT2D eigenvalue weighted by Crippen LogP contribution is -2.36. The molecule has 0 aromatic carbocycles. The topological polar surface area (TPSA) is 6.25 Å². The first kappa shape index (κ1) is 12.2. The van der Waals surface area contributed by atoms with Gasteiger partial charge in [-0.05, 0) is 51.4 Å². The Kier molecular flexibility index (Phi) is 4.95. The maximum atomic E-state index is 6.55. The van der Waals surface area contributed by atoms with Crippen LogP contribution in [-0.2, 0) is 0 Å². The van der Waals surface area contributed by atoms with Crippen molar-refractivity contribution in [3.63, 3.8) is 0 Å². The Morgan fingerprint density at radius 3 is 1.81 bits per heavy atom. The Bertz CT molecular complexity index is 232. The quantitative estimate of drug-likeness (QED) is 0.360. The monoisotopic (exact) mass is 243 g/mol. The molecule has 2 saturated heterocycles. The summed E-state index contributed by atoms with van der Waals surface area (Å²) in [5.41, 5.74) is 0. The van der Waals surface area contributed by atoms with E-state index in [1.165, 1.54) is 51.4 Å². The summed E-state index contributed by atoms with van der Waals surface area (Å²) in [6.45, 7) is 4.65. The summed E-state index contributed by atoms with van der Waals surface area (Å²) in [6.07, 6.45) is 10.7. The van der Waals surface area contributed by atoms with Gasteiger partial charge < -0.3 is 0 Å². The van der Waals surface area contributed by atoms with Crippen LogP contribution in [0.2, 0.25) is 0 Å². The molecular formula is C13H24ClN2+. The van der Waals surface area contributed by atoms with Crippen molar-refractivity contribution in [2.45, 2.75) is 51.4 Å². The highest BCUT2D eigenvalue weighted by molar-refractivity contribution is 6.63. The Balaban J connectivity index is 2.01. The Labute approximate surface area is 104 Å². The van der Waals surface area contributed by atoms with Gasteiger partial charge in [0.25, 0.3) is 0 Å². The van der Waals surface area contributed by atoms with Gasteiger partial charge in [0, 0.05) is 11.6 Å². The van der Waals surface area contributed by atoms with E-state index < -0.39 is 0 Å². The Morgan fingerprint density at radius 2 is 1.25 bits per heavy atom. The maximum absolute atomic E-state index is 6.55. The molecule has 0 aromatic rings. The Hall–Kier alpha value is -0.240. The zero-order valence-corrected chi connectivity index (χ0v) is 11.0. The van der Waals surface area contributed by atoms with Crippen molar-refractivity contribution in [1.82, 2.24) is 4.90 Å². The molecule has 0 amide bonds. The second kappa shape index (κ2) is 6.48. The van der Waals surface area contributed by atoms with E-state index >= 15 is 0 Å². The van der Waals surface area contributed by atoms with E-state index in [1.807, 2.05) is 0 Å². The number of amidine groups is 1. The van der Waals surface area contributed by atoms with Crippen LogP contribution < -0.4 is 0 Å². The average Bonchev–Trinajstić information content (AvgIpc) is 2.73. The summed E-state index contributed by atoms with van der Waals surface area (Å²) in [4.78, 5) is 2.40. The van der Waals surface area contributed by atoms with E-state index in [2.05, 4.69) is 9.48 Å². The Morgan fingerprint density at radius 1 is 0.750 bits per heavy atom. The molecule has 0 spiro atoms.